The molecular weight excluding hydrogens is 244 g/mol. The number of para-hydroxylation sites is 1. The maximum atomic E-state index is 11.5. The van der Waals surface area contributed by atoms with E-state index in [0.29, 0.717) is 13.2 Å². The quantitative estimate of drug-likeness (QED) is 0.296. The fourth-order valence-corrected chi connectivity index (χ4v) is 1.24. The number of hydrogen-bond acceptors (Lipinski definition) is 4. The van der Waals surface area contributed by atoms with Gasteiger partial charge in [-0.2, -0.15) is 0 Å². The van der Waals surface area contributed by atoms with Crippen LogP contribution in [0, 0.1) is 0 Å². The van der Waals surface area contributed by atoms with Crippen LogP contribution in [0.4, 0.5) is 0 Å². The molecule has 0 saturated carbocycles. The van der Waals surface area contributed by atoms with Gasteiger partial charge in [0.15, 0.2) is 0 Å². The topological polar surface area (TPSA) is 44.8 Å². The minimum atomic E-state index is -0.472. The van der Waals surface area contributed by atoms with Crippen LogP contribution in [0.2, 0.25) is 0 Å². The summed E-state index contributed by atoms with van der Waals surface area (Å²) < 4.78 is 15.5. The van der Waals surface area contributed by atoms with Crippen molar-refractivity contribution in [2.24, 2.45) is 0 Å². The monoisotopic (exact) mass is 262 g/mol. The van der Waals surface area contributed by atoms with E-state index in [9.17, 15) is 4.79 Å². The van der Waals surface area contributed by atoms with Crippen molar-refractivity contribution in [2.75, 3.05) is 26.4 Å². The Hall–Kier alpha value is -2.07. The highest BCUT2D eigenvalue weighted by molar-refractivity contribution is 5.87. The van der Waals surface area contributed by atoms with E-state index in [-0.39, 0.29) is 18.8 Å². The van der Waals surface area contributed by atoms with Crippen LogP contribution in [0.15, 0.2) is 55.1 Å². The van der Waals surface area contributed by atoms with E-state index in [1.807, 2.05) is 30.3 Å². The van der Waals surface area contributed by atoms with Crippen molar-refractivity contribution < 1.29 is 19.0 Å². The summed E-state index contributed by atoms with van der Waals surface area (Å²) in [6.07, 6.45) is 1.60. The van der Waals surface area contributed by atoms with Crippen LogP contribution in [0.1, 0.15) is 0 Å². The number of rotatable bonds is 9. The number of ether oxygens (including phenoxy) is 3. The molecule has 0 spiro atoms. The third kappa shape index (κ3) is 6.43. The smallest absolute Gasteiger partial charge is 0.335 e. The minimum absolute atomic E-state index is 0.143. The zero-order valence-corrected chi connectivity index (χ0v) is 10.8. The molecule has 0 heterocycles. The molecule has 0 aliphatic rings. The second kappa shape index (κ2) is 8.94. The van der Waals surface area contributed by atoms with Gasteiger partial charge in [0.2, 0.25) is 0 Å². The largest absolute Gasteiger partial charge is 0.490 e. The lowest BCUT2D eigenvalue weighted by Crippen LogP contribution is -2.16. The van der Waals surface area contributed by atoms with Gasteiger partial charge in [-0.25, -0.2) is 4.79 Å². The minimum Gasteiger partial charge on any atom is -0.490 e. The summed E-state index contributed by atoms with van der Waals surface area (Å²) in [5, 5.41) is 0. The predicted octanol–water partition coefficient (Wildman–Crippen LogP) is 2.37. The molecule has 102 valence electrons. The Bertz CT molecular complexity index is 411. The summed E-state index contributed by atoms with van der Waals surface area (Å²) in [4.78, 5) is 11.5. The fraction of sp³-hybridized carbons (Fsp3) is 0.267. The molecule has 4 nitrogen and oxygen atoms in total. The molecule has 0 amide bonds. The van der Waals surface area contributed by atoms with E-state index in [4.69, 9.17) is 14.2 Å². The number of benzene rings is 1. The van der Waals surface area contributed by atoms with Gasteiger partial charge < -0.3 is 14.2 Å². The normalized spacial score (nSPS) is 9.68. The van der Waals surface area contributed by atoms with Crippen LogP contribution >= 0.6 is 0 Å². The van der Waals surface area contributed by atoms with E-state index in [0.717, 1.165) is 5.75 Å². The summed E-state index contributed by atoms with van der Waals surface area (Å²) in [5.74, 6) is 0.271. The third-order valence-electron chi connectivity index (χ3n) is 2.13. The van der Waals surface area contributed by atoms with Crippen molar-refractivity contribution >= 4 is 5.97 Å². The molecule has 0 aromatic heterocycles. The molecule has 0 bridgehead atoms. The molecule has 4 heteroatoms. The summed E-state index contributed by atoms with van der Waals surface area (Å²) in [6, 6.07) is 9.33. The lowest BCUT2D eigenvalue weighted by molar-refractivity contribution is -0.140. The van der Waals surface area contributed by atoms with E-state index >= 15 is 0 Å². The first kappa shape index (κ1) is 15.0. The fourth-order valence-electron chi connectivity index (χ4n) is 1.24. The molecule has 0 unspecified atom stereocenters. The highest BCUT2D eigenvalue weighted by Crippen LogP contribution is 2.07. The van der Waals surface area contributed by atoms with Crippen molar-refractivity contribution in [3.8, 4) is 5.75 Å². The van der Waals surface area contributed by atoms with Crippen molar-refractivity contribution in [3.05, 3.63) is 55.1 Å². The third-order valence-corrected chi connectivity index (χ3v) is 2.13. The SMILES string of the molecule is C=CCOCC(=C)C(=O)OCCOc1ccccc1. The van der Waals surface area contributed by atoms with Crippen LogP contribution in [0.5, 0.6) is 5.75 Å². The molecule has 0 radical (unpaired) electrons. The summed E-state index contributed by atoms with van der Waals surface area (Å²) >= 11 is 0. The Morgan fingerprint density at radius 1 is 1.21 bits per heavy atom. The van der Waals surface area contributed by atoms with Gasteiger partial charge >= 0.3 is 5.97 Å². The highest BCUT2D eigenvalue weighted by Gasteiger charge is 2.08. The van der Waals surface area contributed by atoms with Gasteiger partial charge in [-0.05, 0) is 12.1 Å². The second-order valence-electron chi connectivity index (χ2n) is 3.70. The van der Waals surface area contributed by atoms with E-state index in [2.05, 4.69) is 13.2 Å². The van der Waals surface area contributed by atoms with Crippen molar-refractivity contribution in [1.29, 1.82) is 0 Å². The first-order chi connectivity index (χ1) is 9.24. The van der Waals surface area contributed by atoms with Gasteiger partial charge in [0.05, 0.1) is 18.8 Å². The molecule has 0 fully saturated rings. The molecule has 19 heavy (non-hydrogen) atoms. The van der Waals surface area contributed by atoms with Gasteiger partial charge in [-0.3, -0.25) is 0 Å². The first-order valence-electron chi connectivity index (χ1n) is 5.95. The number of carbonyl (C=O) groups is 1. The molecule has 0 atom stereocenters. The average Bonchev–Trinajstić information content (AvgIpc) is 2.44. The molecule has 1 rings (SSSR count). The van der Waals surface area contributed by atoms with Crippen molar-refractivity contribution in [1.82, 2.24) is 0 Å². The summed E-state index contributed by atoms with van der Waals surface area (Å²) in [5.41, 5.74) is 0.279. The molecule has 1 aromatic rings. The molecule has 0 saturated heterocycles. The Morgan fingerprint density at radius 2 is 1.95 bits per heavy atom. The van der Waals surface area contributed by atoms with Crippen LogP contribution in [-0.4, -0.2) is 32.4 Å². The van der Waals surface area contributed by atoms with Gasteiger partial charge in [0, 0.05) is 0 Å². The van der Waals surface area contributed by atoms with E-state index in [1.54, 1.807) is 6.08 Å². The van der Waals surface area contributed by atoms with Crippen LogP contribution in [0.25, 0.3) is 0 Å². The predicted molar refractivity (Wildman–Crippen MR) is 73.1 cm³/mol. The van der Waals surface area contributed by atoms with Gasteiger partial charge in [0.25, 0.3) is 0 Å². The zero-order chi connectivity index (χ0) is 13.9. The van der Waals surface area contributed by atoms with Crippen LogP contribution < -0.4 is 4.74 Å². The average molecular weight is 262 g/mol. The molecule has 0 N–H and O–H groups in total. The highest BCUT2D eigenvalue weighted by atomic mass is 16.6. The maximum Gasteiger partial charge on any atom is 0.335 e. The summed E-state index contributed by atoms with van der Waals surface area (Å²) in [6.45, 7) is 8.09. The second-order valence-corrected chi connectivity index (χ2v) is 3.70. The van der Waals surface area contributed by atoms with Crippen molar-refractivity contribution in [2.45, 2.75) is 0 Å². The van der Waals surface area contributed by atoms with Gasteiger partial charge in [-0.15, -0.1) is 6.58 Å². The Labute approximate surface area is 113 Å². The van der Waals surface area contributed by atoms with Gasteiger partial charge in [0.1, 0.15) is 19.0 Å². The zero-order valence-electron chi connectivity index (χ0n) is 10.8. The summed E-state index contributed by atoms with van der Waals surface area (Å²) in [7, 11) is 0. The first-order valence-corrected chi connectivity index (χ1v) is 5.95. The Balaban J connectivity index is 2.13. The lowest BCUT2D eigenvalue weighted by Gasteiger charge is -2.08. The van der Waals surface area contributed by atoms with Crippen molar-refractivity contribution in [3.63, 3.8) is 0 Å². The van der Waals surface area contributed by atoms with E-state index < -0.39 is 5.97 Å². The number of carbonyl (C=O) groups excluding carboxylic acids is 1. The standard InChI is InChI=1S/C15H18O4/c1-3-9-17-12-13(2)15(16)19-11-10-18-14-7-5-4-6-8-14/h3-8H,1-2,9-12H2. The Kier molecular flexibility index (Phi) is 7.05. The molecule has 1 aromatic carbocycles. The van der Waals surface area contributed by atoms with Gasteiger partial charge in [-0.1, -0.05) is 30.9 Å². The molecule has 0 aliphatic carbocycles. The number of hydrogen-bond donors (Lipinski definition) is 0. The lowest BCUT2D eigenvalue weighted by atomic mass is 10.3. The Morgan fingerprint density at radius 3 is 2.63 bits per heavy atom. The van der Waals surface area contributed by atoms with Crippen LogP contribution in [0.3, 0.4) is 0 Å². The van der Waals surface area contributed by atoms with Crippen LogP contribution in [-0.2, 0) is 14.3 Å². The van der Waals surface area contributed by atoms with E-state index in [1.165, 1.54) is 0 Å². The molecular formula is C15H18O4. The number of esters is 1. The molecule has 0 aliphatic heterocycles. The maximum absolute atomic E-state index is 11.5.